The van der Waals surface area contributed by atoms with Crippen LogP contribution in [0.5, 0.6) is 11.5 Å². The highest BCUT2D eigenvalue weighted by Gasteiger charge is 2.06. The van der Waals surface area contributed by atoms with E-state index >= 15 is 0 Å². The van der Waals surface area contributed by atoms with E-state index in [9.17, 15) is 8.42 Å². The van der Waals surface area contributed by atoms with Crippen LogP contribution >= 0.6 is 0 Å². The number of nitrogens with one attached hydrogen (secondary N) is 1. The van der Waals surface area contributed by atoms with E-state index in [0.717, 1.165) is 24.0 Å². The van der Waals surface area contributed by atoms with Crippen molar-refractivity contribution in [1.29, 1.82) is 0 Å². The molecule has 0 fully saturated rings. The van der Waals surface area contributed by atoms with Gasteiger partial charge in [0, 0.05) is 19.8 Å². The molecule has 0 aromatic heterocycles. The zero-order valence-electron chi connectivity index (χ0n) is 16.6. The highest BCUT2D eigenvalue weighted by molar-refractivity contribution is 7.90. The first-order valence-corrected chi connectivity index (χ1v) is 10.9. The van der Waals surface area contributed by atoms with Crippen LogP contribution in [0, 0.1) is 0 Å². The third-order valence-corrected chi connectivity index (χ3v) is 4.46. The lowest BCUT2D eigenvalue weighted by Crippen LogP contribution is -2.41. The summed E-state index contributed by atoms with van der Waals surface area (Å²) < 4.78 is 38.2. The number of sulfone groups is 1. The van der Waals surface area contributed by atoms with Crippen molar-refractivity contribution in [3.63, 3.8) is 0 Å². The predicted octanol–water partition coefficient (Wildman–Crippen LogP) is 1.03. The number of benzene rings is 1. The molecule has 0 unspecified atom stereocenters. The largest absolute Gasteiger partial charge is 0.497 e. The maximum absolute atomic E-state index is 11.0. The second-order valence-corrected chi connectivity index (χ2v) is 8.18. The minimum absolute atomic E-state index is 0.0272. The Morgan fingerprint density at radius 2 is 1.81 bits per heavy atom. The van der Waals surface area contributed by atoms with Gasteiger partial charge in [-0.3, -0.25) is 4.99 Å². The predicted molar refractivity (Wildman–Crippen MR) is 108 cm³/mol. The number of hydrogen-bond donors (Lipinski definition) is 1. The van der Waals surface area contributed by atoms with Gasteiger partial charge in [-0.25, -0.2) is 8.42 Å². The van der Waals surface area contributed by atoms with Crippen molar-refractivity contribution in [3.8, 4) is 11.5 Å². The number of rotatable bonds is 12. The van der Waals surface area contributed by atoms with Crippen molar-refractivity contribution in [2.75, 3.05) is 65.6 Å². The van der Waals surface area contributed by atoms with Crippen LogP contribution in [-0.4, -0.2) is 84.9 Å². The Labute approximate surface area is 162 Å². The second-order valence-electron chi connectivity index (χ2n) is 5.92. The molecule has 1 rings (SSSR count). The first-order valence-electron chi connectivity index (χ1n) is 8.87. The number of hydrogen-bond acceptors (Lipinski definition) is 6. The van der Waals surface area contributed by atoms with Crippen molar-refractivity contribution >= 4 is 15.8 Å². The van der Waals surface area contributed by atoms with Gasteiger partial charge in [0.15, 0.2) is 5.96 Å². The van der Waals surface area contributed by atoms with Crippen LogP contribution in [0.4, 0.5) is 0 Å². The average molecular weight is 402 g/mol. The molecule has 0 aliphatic carbocycles. The molecule has 9 heteroatoms. The van der Waals surface area contributed by atoms with Crippen molar-refractivity contribution in [2.24, 2.45) is 4.99 Å². The lowest BCUT2D eigenvalue weighted by atomic mass is 10.3. The Kier molecular flexibility index (Phi) is 10.6. The Morgan fingerprint density at radius 3 is 2.41 bits per heavy atom. The van der Waals surface area contributed by atoms with Crippen LogP contribution in [0.1, 0.15) is 6.92 Å². The van der Waals surface area contributed by atoms with Gasteiger partial charge < -0.3 is 24.4 Å². The quantitative estimate of drug-likeness (QED) is 0.318. The van der Waals surface area contributed by atoms with E-state index in [0.29, 0.717) is 26.3 Å². The van der Waals surface area contributed by atoms with Crippen LogP contribution in [-0.2, 0) is 14.6 Å². The van der Waals surface area contributed by atoms with E-state index in [1.165, 1.54) is 6.26 Å². The minimum atomic E-state index is -2.99. The molecule has 154 valence electrons. The standard InChI is InChI=1S/C18H31N3O5S/c1-5-19-18(20-10-12-25-14-15-27(4,22)23)21(2)11-13-26-17-8-6-16(24-3)7-9-17/h6-9H,5,10-15H2,1-4H3,(H,19,20). The van der Waals surface area contributed by atoms with Gasteiger partial charge in [0.1, 0.15) is 27.9 Å². The third kappa shape index (κ3) is 10.7. The van der Waals surface area contributed by atoms with E-state index in [2.05, 4.69) is 10.3 Å². The van der Waals surface area contributed by atoms with E-state index in [1.807, 2.05) is 43.1 Å². The SMILES string of the molecule is CCNC(=NCCOCCS(C)(=O)=O)N(C)CCOc1ccc(OC)cc1. The van der Waals surface area contributed by atoms with Crippen molar-refractivity contribution < 1.29 is 22.6 Å². The number of nitrogens with zero attached hydrogens (tertiary/aromatic N) is 2. The Hall–Kier alpha value is -2.00. The smallest absolute Gasteiger partial charge is 0.193 e. The van der Waals surface area contributed by atoms with E-state index in [4.69, 9.17) is 14.2 Å². The Morgan fingerprint density at radius 1 is 1.15 bits per heavy atom. The van der Waals surface area contributed by atoms with Crippen LogP contribution in [0.3, 0.4) is 0 Å². The summed E-state index contributed by atoms with van der Waals surface area (Å²) in [7, 11) is 0.573. The molecule has 1 aromatic rings. The highest BCUT2D eigenvalue weighted by Crippen LogP contribution is 2.16. The molecular weight excluding hydrogens is 370 g/mol. The molecule has 0 aliphatic rings. The van der Waals surface area contributed by atoms with Crippen LogP contribution in [0.2, 0.25) is 0 Å². The van der Waals surface area contributed by atoms with E-state index in [-0.39, 0.29) is 12.4 Å². The fourth-order valence-electron chi connectivity index (χ4n) is 2.08. The summed E-state index contributed by atoms with van der Waals surface area (Å²) in [4.78, 5) is 6.46. The summed E-state index contributed by atoms with van der Waals surface area (Å²) in [5.41, 5.74) is 0. The topological polar surface area (TPSA) is 89.5 Å². The molecule has 0 radical (unpaired) electrons. The Balaban J connectivity index is 2.36. The molecule has 0 amide bonds. The second kappa shape index (κ2) is 12.4. The van der Waals surface area contributed by atoms with Crippen molar-refractivity contribution in [2.45, 2.75) is 6.92 Å². The summed E-state index contributed by atoms with van der Waals surface area (Å²) in [6, 6.07) is 7.45. The third-order valence-electron chi connectivity index (χ3n) is 3.55. The van der Waals surface area contributed by atoms with Gasteiger partial charge in [0.2, 0.25) is 0 Å². The van der Waals surface area contributed by atoms with Gasteiger partial charge in [-0.2, -0.15) is 0 Å². The summed E-state index contributed by atoms with van der Waals surface area (Å²) in [6.45, 7) is 4.94. The molecule has 27 heavy (non-hydrogen) atoms. The van der Waals surface area contributed by atoms with Gasteiger partial charge in [-0.05, 0) is 31.2 Å². The lowest BCUT2D eigenvalue weighted by Gasteiger charge is -2.22. The average Bonchev–Trinajstić information content (AvgIpc) is 2.63. The number of likely N-dealkylation sites (N-methyl/N-ethyl adjacent to an activating group) is 1. The van der Waals surface area contributed by atoms with Crippen LogP contribution < -0.4 is 14.8 Å². The summed E-state index contributed by atoms with van der Waals surface area (Å²) in [6.07, 6.45) is 1.20. The number of aliphatic imine (C=N–C) groups is 1. The number of guanidine groups is 1. The minimum Gasteiger partial charge on any atom is -0.497 e. The molecule has 0 saturated heterocycles. The van der Waals surface area contributed by atoms with Gasteiger partial charge in [-0.1, -0.05) is 0 Å². The Bertz CT molecular complexity index is 662. The zero-order valence-corrected chi connectivity index (χ0v) is 17.4. The summed E-state index contributed by atoms with van der Waals surface area (Å²) >= 11 is 0. The molecule has 1 N–H and O–H groups in total. The normalized spacial score (nSPS) is 11.9. The first kappa shape index (κ1) is 23.0. The summed E-state index contributed by atoms with van der Waals surface area (Å²) in [5.74, 6) is 2.35. The molecule has 0 heterocycles. The van der Waals surface area contributed by atoms with Gasteiger partial charge in [-0.15, -0.1) is 0 Å². The van der Waals surface area contributed by atoms with Gasteiger partial charge >= 0.3 is 0 Å². The maximum atomic E-state index is 11.0. The van der Waals surface area contributed by atoms with Crippen molar-refractivity contribution in [3.05, 3.63) is 24.3 Å². The summed E-state index contributed by atoms with van der Waals surface area (Å²) in [5, 5.41) is 3.21. The fraction of sp³-hybridized carbons (Fsp3) is 0.611. The van der Waals surface area contributed by atoms with Crippen LogP contribution in [0.15, 0.2) is 29.3 Å². The lowest BCUT2D eigenvalue weighted by molar-refractivity contribution is 0.157. The van der Waals surface area contributed by atoms with E-state index < -0.39 is 9.84 Å². The molecule has 8 nitrogen and oxygen atoms in total. The zero-order chi connectivity index (χ0) is 20.1. The number of methoxy groups -OCH3 is 1. The van der Waals surface area contributed by atoms with Crippen LogP contribution in [0.25, 0.3) is 0 Å². The number of ether oxygens (including phenoxy) is 3. The molecule has 1 aromatic carbocycles. The molecule has 0 aliphatic heterocycles. The first-order chi connectivity index (χ1) is 12.9. The van der Waals surface area contributed by atoms with E-state index in [1.54, 1.807) is 7.11 Å². The molecular formula is C18H31N3O5S. The monoisotopic (exact) mass is 401 g/mol. The fourth-order valence-corrected chi connectivity index (χ4v) is 2.50. The molecule has 0 spiro atoms. The molecule has 0 bridgehead atoms. The highest BCUT2D eigenvalue weighted by atomic mass is 32.2. The maximum Gasteiger partial charge on any atom is 0.193 e. The van der Waals surface area contributed by atoms with Crippen molar-refractivity contribution in [1.82, 2.24) is 10.2 Å². The van der Waals surface area contributed by atoms with Gasteiger partial charge in [0.05, 0.1) is 39.2 Å². The molecule has 0 atom stereocenters. The molecule has 0 saturated carbocycles. The van der Waals surface area contributed by atoms with Gasteiger partial charge in [0.25, 0.3) is 0 Å².